The Labute approximate surface area is 154 Å². The highest BCUT2D eigenvalue weighted by molar-refractivity contribution is 5.95. The van der Waals surface area contributed by atoms with E-state index in [1.54, 1.807) is 29.2 Å². The van der Waals surface area contributed by atoms with Crippen LogP contribution in [0.15, 0.2) is 54.6 Å². The third-order valence-electron chi connectivity index (χ3n) is 3.59. The molecule has 2 aromatic rings. The highest BCUT2D eigenvalue weighted by Gasteiger charge is 2.15. The number of carbonyl (C=O) groups excluding carboxylic acids is 2. The number of nitrogens with two attached hydrogens (primary N) is 1. The van der Waals surface area contributed by atoms with Crippen LogP contribution >= 0.6 is 12.4 Å². The average Bonchev–Trinajstić information content (AvgIpc) is 2.59. The van der Waals surface area contributed by atoms with Crippen molar-refractivity contribution < 1.29 is 9.59 Å². The maximum Gasteiger partial charge on any atom is 0.254 e. The number of halogens is 1. The van der Waals surface area contributed by atoms with Crippen LogP contribution in [0.5, 0.6) is 0 Å². The van der Waals surface area contributed by atoms with E-state index in [4.69, 9.17) is 5.73 Å². The Morgan fingerprint density at radius 3 is 2.24 bits per heavy atom. The van der Waals surface area contributed by atoms with E-state index in [2.05, 4.69) is 5.32 Å². The van der Waals surface area contributed by atoms with Gasteiger partial charge in [-0.15, -0.1) is 12.4 Å². The van der Waals surface area contributed by atoms with Gasteiger partial charge in [0, 0.05) is 31.3 Å². The third-order valence-corrected chi connectivity index (χ3v) is 3.59. The van der Waals surface area contributed by atoms with Crippen LogP contribution in [0.2, 0.25) is 0 Å². The van der Waals surface area contributed by atoms with E-state index in [9.17, 15) is 9.59 Å². The molecule has 0 saturated carbocycles. The lowest BCUT2D eigenvalue weighted by atomic mass is 10.1. The molecule has 0 unspecified atom stereocenters. The minimum Gasteiger partial charge on any atom is -0.334 e. The quantitative estimate of drug-likeness (QED) is 0.795. The second-order valence-corrected chi connectivity index (χ2v) is 5.61. The van der Waals surface area contributed by atoms with Crippen molar-refractivity contribution in [2.75, 3.05) is 18.4 Å². The molecule has 134 valence electrons. The minimum absolute atomic E-state index is 0. The molecule has 0 heterocycles. The van der Waals surface area contributed by atoms with E-state index in [0.29, 0.717) is 30.9 Å². The van der Waals surface area contributed by atoms with Crippen LogP contribution < -0.4 is 11.1 Å². The summed E-state index contributed by atoms with van der Waals surface area (Å²) >= 11 is 0. The summed E-state index contributed by atoms with van der Waals surface area (Å²) in [6.45, 7) is 3.15. The summed E-state index contributed by atoms with van der Waals surface area (Å²) in [6.07, 6.45) is 0.753. The van der Waals surface area contributed by atoms with Crippen molar-refractivity contribution in [1.82, 2.24) is 4.90 Å². The van der Waals surface area contributed by atoms with Gasteiger partial charge in [0.1, 0.15) is 0 Å². The first-order valence-electron chi connectivity index (χ1n) is 8.01. The molecule has 2 aromatic carbocycles. The number of anilines is 1. The fraction of sp³-hybridized carbons (Fsp3) is 0.263. The standard InChI is InChI=1S/C19H23N3O2.ClH/c1-15(23)21-18-10-8-17(9-11-18)19(24)22(13-5-12-20)14-16-6-3-2-4-7-16;/h2-4,6-11H,5,12-14,20H2,1H3,(H,21,23);1H. The lowest BCUT2D eigenvalue weighted by Crippen LogP contribution is -2.32. The fourth-order valence-electron chi connectivity index (χ4n) is 2.42. The molecule has 0 aliphatic rings. The van der Waals surface area contributed by atoms with Crippen molar-refractivity contribution >= 4 is 29.9 Å². The molecule has 25 heavy (non-hydrogen) atoms. The molecule has 5 nitrogen and oxygen atoms in total. The molecule has 2 rings (SSSR count). The third kappa shape index (κ3) is 6.57. The van der Waals surface area contributed by atoms with E-state index in [0.717, 1.165) is 12.0 Å². The van der Waals surface area contributed by atoms with E-state index >= 15 is 0 Å². The van der Waals surface area contributed by atoms with Gasteiger partial charge in [0.15, 0.2) is 0 Å². The van der Waals surface area contributed by atoms with Crippen molar-refractivity contribution in [3.63, 3.8) is 0 Å². The monoisotopic (exact) mass is 361 g/mol. The van der Waals surface area contributed by atoms with Gasteiger partial charge in [-0.2, -0.15) is 0 Å². The summed E-state index contributed by atoms with van der Waals surface area (Å²) in [6, 6.07) is 16.8. The molecule has 0 saturated heterocycles. The average molecular weight is 362 g/mol. The van der Waals surface area contributed by atoms with Gasteiger partial charge in [-0.05, 0) is 42.8 Å². The molecule has 0 spiro atoms. The number of nitrogens with one attached hydrogen (secondary N) is 1. The summed E-state index contributed by atoms with van der Waals surface area (Å²) in [5.41, 5.74) is 7.95. The maximum absolute atomic E-state index is 12.8. The smallest absolute Gasteiger partial charge is 0.254 e. The molecule has 2 amide bonds. The van der Waals surface area contributed by atoms with Crippen molar-refractivity contribution in [2.24, 2.45) is 5.73 Å². The predicted molar refractivity (Wildman–Crippen MR) is 103 cm³/mol. The van der Waals surface area contributed by atoms with Gasteiger partial charge in [-0.3, -0.25) is 9.59 Å². The fourth-order valence-corrected chi connectivity index (χ4v) is 2.42. The second-order valence-electron chi connectivity index (χ2n) is 5.61. The van der Waals surface area contributed by atoms with Crippen molar-refractivity contribution in [1.29, 1.82) is 0 Å². The van der Waals surface area contributed by atoms with Crippen molar-refractivity contribution in [3.05, 3.63) is 65.7 Å². The first kappa shape index (κ1) is 20.7. The maximum atomic E-state index is 12.8. The van der Waals surface area contributed by atoms with E-state index in [1.165, 1.54) is 6.92 Å². The van der Waals surface area contributed by atoms with Gasteiger partial charge >= 0.3 is 0 Å². The first-order chi connectivity index (χ1) is 11.6. The van der Waals surface area contributed by atoms with Crippen LogP contribution in [0.25, 0.3) is 0 Å². The van der Waals surface area contributed by atoms with Crippen molar-refractivity contribution in [2.45, 2.75) is 19.9 Å². The predicted octanol–water partition coefficient (Wildman–Crippen LogP) is 3.06. The molecule has 0 radical (unpaired) electrons. The summed E-state index contributed by atoms with van der Waals surface area (Å²) in [5.74, 6) is -0.176. The number of hydrogen-bond acceptors (Lipinski definition) is 3. The molecular weight excluding hydrogens is 338 g/mol. The zero-order valence-electron chi connectivity index (χ0n) is 14.3. The molecule has 0 aromatic heterocycles. The highest BCUT2D eigenvalue weighted by Crippen LogP contribution is 2.14. The van der Waals surface area contributed by atoms with Crippen LogP contribution in [0, 0.1) is 0 Å². The highest BCUT2D eigenvalue weighted by atomic mass is 35.5. The Kier molecular flexibility index (Phi) is 8.67. The molecule has 0 bridgehead atoms. The van der Waals surface area contributed by atoms with Gasteiger partial charge < -0.3 is 16.0 Å². The number of hydrogen-bond donors (Lipinski definition) is 2. The zero-order valence-corrected chi connectivity index (χ0v) is 15.1. The van der Waals surface area contributed by atoms with E-state index < -0.39 is 0 Å². The SMILES string of the molecule is CC(=O)Nc1ccc(C(=O)N(CCCN)Cc2ccccc2)cc1.Cl. The summed E-state index contributed by atoms with van der Waals surface area (Å²) in [7, 11) is 0. The second kappa shape index (κ2) is 10.5. The van der Waals surface area contributed by atoms with E-state index in [-0.39, 0.29) is 24.2 Å². The van der Waals surface area contributed by atoms with Gasteiger partial charge in [0.05, 0.1) is 0 Å². The first-order valence-corrected chi connectivity index (χ1v) is 8.01. The van der Waals surface area contributed by atoms with Gasteiger partial charge in [-0.25, -0.2) is 0 Å². The molecule has 0 aliphatic carbocycles. The molecule has 0 atom stereocenters. The summed E-state index contributed by atoms with van der Waals surface area (Å²) in [5, 5.41) is 2.69. The van der Waals surface area contributed by atoms with Crippen LogP contribution in [0.3, 0.4) is 0 Å². The lowest BCUT2D eigenvalue weighted by molar-refractivity contribution is -0.114. The number of carbonyl (C=O) groups is 2. The number of rotatable bonds is 7. The van der Waals surface area contributed by atoms with E-state index in [1.807, 2.05) is 30.3 Å². The topological polar surface area (TPSA) is 75.4 Å². The van der Waals surface area contributed by atoms with Gasteiger partial charge in [0.25, 0.3) is 5.91 Å². The Bertz CT molecular complexity index is 675. The number of benzene rings is 2. The number of nitrogens with zero attached hydrogens (tertiary/aromatic N) is 1. The Hall–Kier alpha value is -2.37. The molecule has 3 N–H and O–H groups in total. The molecule has 0 fully saturated rings. The van der Waals surface area contributed by atoms with Crippen molar-refractivity contribution in [3.8, 4) is 0 Å². The summed E-state index contributed by atoms with van der Waals surface area (Å²) < 4.78 is 0. The molecular formula is C19H24ClN3O2. The van der Waals surface area contributed by atoms with Crippen LogP contribution in [-0.4, -0.2) is 29.8 Å². The zero-order chi connectivity index (χ0) is 17.4. The Morgan fingerprint density at radius 1 is 1.04 bits per heavy atom. The molecule has 6 heteroatoms. The number of amides is 2. The lowest BCUT2D eigenvalue weighted by Gasteiger charge is -2.23. The van der Waals surface area contributed by atoms with Crippen LogP contribution in [0.4, 0.5) is 5.69 Å². The largest absolute Gasteiger partial charge is 0.334 e. The van der Waals surface area contributed by atoms with Crippen LogP contribution in [0.1, 0.15) is 29.3 Å². The van der Waals surface area contributed by atoms with Gasteiger partial charge in [0.2, 0.25) is 5.91 Å². The Morgan fingerprint density at radius 2 is 1.68 bits per heavy atom. The minimum atomic E-state index is -0.136. The van der Waals surface area contributed by atoms with Crippen LogP contribution in [-0.2, 0) is 11.3 Å². The van der Waals surface area contributed by atoms with Gasteiger partial charge in [-0.1, -0.05) is 30.3 Å². The normalized spacial score (nSPS) is 9.84. The molecule has 0 aliphatic heterocycles. The Balaban J connectivity index is 0.00000312. The summed E-state index contributed by atoms with van der Waals surface area (Å²) in [4.78, 5) is 25.7.